The smallest absolute Gasteiger partial charge is 0.313 e. The monoisotopic (exact) mass is 214 g/mol. The molecule has 2 rings (SSSR count). The molecule has 14 heavy (non-hydrogen) atoms. The van der Waals surface area contributed by atoms with E-state index in [4.69, 9.17) is 5.11 Å². The molecule has 1 aliphatic rings. The van der Waals surface area contributed by atoms with E-state index in [2.05, 4.69) is 22.4 Å². The van der Waals surface area contributed by atoms with Gasteiger partial charge < -0.3 is 5.11 Å². The lowest BCUT2D eigenvalue weighted by atomic mass is 10.3. The quantitative estimate of drug-likeness (QED) is 0.729. The van der Waals surface area contributed by atoms with Gasteiger partial charge in [0, 0.05) is 0 Å². The van der Waals surface area contributed by atoms with Gasteiger partial charge in [-0.25, -0.2) is 4.68 Å². The lowest BCUT2D eigenvalue weighted by Gasteiger charge is -2.08. The van der Waals surface area contributed by atoms with E-state index in [1.807, 2.05) is 0 Å². The second-order valence-electron chi connectivity index (χ2n) is 3.55. The van der Waals surface area contributed by atoms with Gasteiger partial charge in [0.25, 0.3) is 0 Å². The van der Waals surface area contributed by atoms with Crippen molar-refractivity contribution in [2.75, 3.05) is 5.75 Å². The van der Waals surface area contributed by atoms with Crippen molar-refractivity contribution in [2.45, 2.75) is 30.5 Å². The maximum atomic E-state index is 10.4. The van der Waals surface area contributed by atoms with Gasteiger partial charge in [-0.2, -0.15) is 0 Å². The number of nitrogens with zero attached hydrogens (tertiary/aromatic N) is 4. The van der Waals surface area contributed by atoms with E-state index in [0.717, 1.165) is 24.6 Å². The zero-order valence-electron chi connectivity index (χ0n) is 7.67. The number of carboxylic acid groups (broad SMARTS) is 1. The Kier molecular flexibility index (Phi) is 2.18. The molecule has 1 heterocycles. The summed E-state index contributed by atoms with van der Waals surface area (Å²) >= 11 is 1.16. The maximum Gasteiger partial charge on any atom is 0.313 e. The molecular formula is C7H10N4O2S. The first-order chi connectivity index (χ1) is 6.62. The van der Waals surface area contributed by atoms with Crippen LogP contribution < -0.4 is 0 Å². The standard InChI is InChI=1S/C7H10N4O2S/c1-7(2-3-7)11-6(8-9-10-11)14-4-5(12)13/h2-4H2,1H3,(H,12,13). The van der Waals surface area contributed by atoms with E-state index in [1.54, 1.807) is 4.68 Å². The van der Waals surface area contributed by atoms with E-state index < -0.39 is 5.97 Å². The minimum Gasteiger partial charge on any atom is -0.481 e. The second kappa shape index (κ2) is 3.23. The van der Waals surface area contributed by atoms with Crippen molar-refractivity contribution in [1.29, 1.82) is 0 Å². The first-order valence-electron chi connectivity index (χ1n) is 4.25. The number of carbonyl (C=O) groups is 1. The van der Waals surface area contributed by atoms with Crippen LogP contribution in [0.15, 0.2) is 5.16 Å². The van der Waals surface area contributed by atoms with Crippen LogP contribution >= 0.6 is 11.8 Å². The molecule has 1 N–H and O–H groups in total. The molecule has 0 amide bonds. The first-order valence-corrected chi connectivity index (χ1v) is 5.24. The summed E-state index contributed by atoms with van der Waals surface area (Å²) in [6, 6.07) is 0. The highest BCUT2D eigenvalue weighted by Gasteiger charge is 2.42. The molecule has 0 bridgehead atoms. The van der Waals surface area contributed by atoms with Crippen LogP contribution in [-0.4, -0.2) is 37.0 Å². The van der Waals surface area contributed by atoms with Crippen molar-refractivity contribution in [2.24, 2.45) is 0 Å². The third-order valence-corrected chi connectivity index (χ3v) is 3.15. The molecule has 1 saturated carbocycles. The van der Waals surface area contributed by atoms with Gasteiger partial charge in [-0.15, -0.1) is 5.10 Å². The van der Waals surface area contributed by atoms with E-state index in [9.17, 15) is 4.79 Å². The Hall–Kier alpha value is -1.11. The highest BCUT2D eigenvalue weighted by molar-refractivity contribution is 7.99. The van der Waals surface area contributed by atoms with Crippen LogP contribution in [0.5, 0.6) is 0 Å². The van der Waals surface area contributed by atoms with E-state index in [0.29, 0.717) is 5.16 Å². The minimum absolute atomic E-state index is 0.00352. The van der Waals surface area contributed by atoms with Gasteiger partial charge in [0.1, 0.15) is 0 Å². The fourth-order valence-electron chi connectivity index (χ4n) is 1.13. The summed E-state index contributed by atoms with van der Waals surface area (Å²) < 4.78 is 1.72. The summed E-state index contributed by atoms with van der Waals surface area (Å²) in [4.78, 5) is 10.4. The number of hydrogen-bond acceptors (Lipinski definition) is 5. The summed E-state index contributed by atoms with van der Waals surface area (Å²) in [6.07, 6.45) is 2.11. The van der Waals surface area contributed by atoms with Crippen LogP contribution in [0.3, 0.4) is 0 Å². The highest BCUT2D eigenvalue weighted by atomic mass is 32.2. The molecule has 0 unspecified atom stereocenters. The lowest BCUT2D eigenvalue weighted by molar-refractivity contribution is -0.133. The van der Waals surface area contributed by atoms with Crippen LogP contribution in [0.25, 0.3) is 0 Å². The normalized spacial score (nSPS) is 18.1. The SMILES string of the molecule is CC1(n2nnnc2SCC(=O)O)CC1. The van der Waals surface area contributed by atoms with Gasteiger partial charge in [0.15, 0.2) is 0 Å². The number of rotatable bonds is 4. The molecule has 0 aliphatic heterocycles. The third-order valence-electron chi connectivity index (χ3n) is 2.25. The molecule has 1 fully saturated rings. The molecule has 0 saturated heterocycles. The Morgan fingerprint density at radius 3 is 3.00 bits per heavy atom. The highest BCUT2D eigenvalue weighted by Crippen LogP contribution is 2.43. The minimum atomic E-state index is -0.856. The van der Waals surface area contributed by atoms with Gasteiger partial charge in [0.05, 0.1) is 11.3 Å². The summed E-state index contributed by atoms with van der Waals surface area (Å²) in [5.41, 5.74) is 0.0182. The predicted octanol–water partition coefficient (Wildman–Crippen LogP) is 0.359. The van der Waals surface area contributed by atoms with Crippen molar-refractivity contribution >= 4 is 17.7 Å². The summed E-state index contributed by atoms with van der Waals surface area (Å²) in [7, 11) is 0. The molecule has 0 radical (unpaired) electrons. The molecule has 7 heteroatoms. The van der Waals surface area contributed by atoms with Crippen molar-refractivity contribution in [1.82, 2.24) is 20.2 Å². The van der Waals surface area contributed by atoms with Gasteiger partial charge in [-0.3, -0.25) is 4.79 Å². The Bertz CT molecular complexity index is 360. The van der Waals surface area contributed by atoms with Crippen molar-refractivity contribution in [3.63, 3.8) is 0 Å². The van der Waals surface area contributed by atoms with Crippen molar-refractivity contribution in [3.05, 3.63) is 0 Å². The third kappa shape index (κ3) is 1.72. The summed E-state index contributed by atoms with van der Waals surface area (Å²) in [6.45, 7) is 2.06. The van der Waals surface area contributed by atoms with Gasteiger partial charge in [0.2, 0.25) is 5.16 Å². The molecule has 0 atom stereocenters. The Balaban J connectivity index is 2.10. The van der Waals surface area contributed by atoms with Crippen LogP contribution in [0, 0.1) is 0 Å². The zero-order valence-corrected chi connectivity index (χ0v) is 8.49. The molecule has 0 aromatic carbocycles. The summed E-state index contributed by atoms with van der Waals surface area (Å²) in [5, 5.41) is 20.3. The Labute approximate surface area is 84.7 Å². The van der Waals surface area contributed by atoms with Crippen LogP contribution in [-0.2, 0) is 10.3 Å². The predicted molar refractivity (Wildman–Crippen MR) is 49.1 cm³/mol. The summed E-state index contributed by atoms with van der Waals surface area (Å²) in [5.74, 6) is -0.860. The average Bonchev–Trinajstić information content (AvgIpc) is 2.70. The molecular weight excluding hydrogens is 204 g/mol. The van der Waals surface area contributed by atoms with Gasteiger partial charge in [-0.05, 0) is 30.2 Å². The fraction of sp³-hybridized carbons (Fsp3) is 0.714. The molecule has 1 aromatic rings. The molecule has 76 valence electrons. The zero-order chi connectivity index (χ0) is 10.2. The Morgan fingerprint density at radius 1 is 1.71 bits per heavy atom. The van der Waals surface area contributed by atoms with E-state index in [-0.39, 0.29) is 11.3 Å². The van der Waals surface area contributed by atoms with Crippen molar-refractivity contribution in [3.8, 4) is 0 Å². The molecule has 1 aliphatic carbocycles. The number of aromatic nitrogens is 4. The largest absolute Gasteiger partial charge is 0.481 e. The van der Waals surface area contributed by atoms with Gasteiger partial charge >= 0.3 is 5.97 Å². The molecule has 6 nitrogen and oxygen atoms in total. The first kappa shape index (κ1) is 9.45. The van der Waals surface area contributed by atoms with Gasteiger partial charge in [-0.1, -0.05) is 11.8 Å². The topological polar surface area (TPSA) is 80.9 Å². The number of tetrazole rings is 1. The Morgan fingerprint density at radius 2 is 2.43 bits per heavy atom. The number of thioether (sulfide) groups is 1. The lowest BCUT2D eigenvalue weighted by Crippen LogP contribution is -2.16. The number of hydrogen-bond donors (Lipinski definition) is 1. The van der Waals surface area contributed by atoms with Crippen LogP contribution in [0.2, 0.25) is 0 Å². The number of carboxylic acids is 1. The maximum absolute atomic E-state index is 10.4. The average molecular weight is 214 g/mol. The molecule has 0 spiro atoms. The van der Waals surface area contributed by atoms with Crippen LogP contribution in [0.4, 0.5) is 0 Å². The molecule has 1 aromatic heterocycles. The second-order valence-corrected chi connectivity index (χ2v) is 4.50. The van der Waals surface area contributed by atoms with E-state index >= 15 is 0 Å². The van der Waals surface area contributed by atoms with E-state index in [1.165, 1.54) is 0 Å². The van der Waals surface area contributed by atoms with Crippen LogP contribution in [0.1, 0.15) is 19.8 Å². The van der Waals surface area contributed by atoms with Crippen molar-refractivity contribution < 1.29 is 9.90 Å². The fourth-order valence-corrected chi connectivity index (χ4v) is 1.85. The number of aliphatic carboxylic acids is 1.